The molecule has 3 nitrogen and oxygen atoms in total. The number of nitrogens with zero attached hydrogens (tertiary/aromatic N) is 2. The van der Waals surface area contributed by atoms with Gasteiger partial charge in [0.1, 0.15) is 0 Å². The second kappa shape index (κ2) is 6.72. The van der Waals surface area contributed by atoms with Crippen molar-refractivity contribution in [3.63, 3.8) is 0 Å². The fourth-order valence-corrected chi connectivity index (χ4v) is 2.77. The summed E-state index contributed by atoms with van der Waals surface area (Å²) >= 11 is 1.66. The summed E-state index contributed by atoms with van der Waals surface area (Å²) in [6.07, 6.45) is 0.839. The third-order valence-corrected chi connectivity index (χ3v) is 3.63. The minimum Gasteiger partial charge on any atom is -0.341 e. The van der Waals surface area contributed by atoms with Gasteiger partial charge >= 0.3 is 0 Å². The van der Waals surface area contributed by atoms with E-state index in [4.69, 9.17) is 5.26 Å². The molecule has 1 rings (SSSR count). The molecule has 1 heterocycles. The average Bonchev–Trinajstić information content (AvgIpc) is 2.68. The number of carbonyl (C=O) groups is 1. The van der Waals surface area contributed by atoms with Crippen molar-refractivity contribution in [2.75, 3.05) is 13.1 Å². The first-order chi connectivity index (χ1) is 8.81. The molecule has 104 valence electrons. The highest BCUT2D eigenvalue weighted by Crippen LogP contribution is 2.19. The van der Waals surface area contributed by atoms with Crippen molar-refractivity contribution < 1.29 is 4.79 Å². The highest BCUT2D eigenvalue weighted by atomic mass is 32.1. The highest BCUT2D eigenvalue weighted by molar-refractivity contribution is 7.12. The molecule has 0 spiro atoms. The number of hydrogen-bond acceptors (Lipinski definition) is 3. The van der Waals surface area contributed by atoms with Gasteiger partial charge in [-0.25, -0.2) is 0 Å². The first-order valence-corrected chi connectivity index (χ1v) is 7.33. The van der Waals surface area contributed by atoms with Crippen LogP contribution in [0.25, 0.3) is 0 Å². The van der Waals surface area contributed by atoms with E-state index < -0.39 is 0 Å². The van der Waals surface area contributed by atoms with Crippen LogP contribution in [0.1, 0.15) is 36.9 Å². The van der Waals surface area contributed by atoms with Gasteiger partial charge in [-0.05, 0) is 24.5 Å². The normalized spacial score (nSPS) is 11.1. The molecule has 0 radical (unpaired) electrons. The second-order valence-electron chi connectivity index (χ2n) is 5.97. The smallest absolute Gasteiger partial charge is 0.227 e. The summed E-state index contributed by atoms with van der Waals surface area (Å²) in [7, 11) is 0. The van der Waals surface area contributed by atoms with E-state index in [1.807, 2.05) is 24.0 Å². The van der Waals surface area contributed by atoms with E-state index in [1.165, 1.54) is 4.88 Å². The lowest BCUT2D eigenvalue weighted by atomic mass is 9.95. The largest absolute Gasteiger partial charge is 0.341 e. The van der Waals surface area contributed by atoms with E-state index in [9.17, 15) is 4.79 Å². The summed E-state index contributed by atoms with van der Waals surface area (Å²) in [6.45, 7) is 9.58. The molecule has 0 fully saturated rings. The Labute approximate surface area is 119 Å². The van der Waals surface area contributed by atoms with Crippen molar-refractivity contribution in [3.8, 4) is 6.07 Å². The zero-order valence-corrected chi connectivity index (χ0v) is 13.0. The van der Waals surface area contributed by atoms with Gasteiger partial charge < -0.3 is 4.90 Å². The maximum Gasteiger partial charge on any atom is 0.227 e. The van der Waals surface area contributed by atoms with Gasteiger partial charge in [-0.2, -0.15) is 5.26 Å². The molecule has 0 aliphatic carbocycles. The molecule has 1 aromatic rings. The number of nitriles is 1. The molecular formula is C15H22N2OS. The minimum atomic E-state index is 0.0521. The fraction of sp³-hybridized carbons (Fsp3) is 0.600. The summed E-state index contributed by atoms with van der Waals surface area (Å²) in [5.41, 5.74) is 0.0521. The van der Waals surface area contributed by atoms with E-state index >= 15 is 0 Å². The van der Waals surface area contributed by atoms with Crippen molar-refractivity contribution in [2.24, 2.45) is 5.41 Å². The predicted molar refractivity (Wildman–Crippen MR) is 79.0 cm³/mol. The van der Waals surface area contributed by atoms with Crippen LogP contribution in [0.4, 0.5) is 0 Å². The Hall–Kier alpha value is -1.34. The van der Waals surface area contributed by atoms with Crippen molar-refractivity contribution in [1.29, 1.82) is 5.26 Å². The Morgan fingerprint density at radius 1 is 1.42 bits per heavy atom. The maximum absolute atomic E-state index is 12.3. The molecule has 0 aliphatic heterocycles. The maximum atomic E-state index is 12.3. The molecular weight excluding hydrogens is 256 g/mol. The Morgan fingerprint density at radius 2 is 2.11 bits per heavy atom. The van der Waals surface area contributed by atoms with Gasteiger partial charge in [0.15, 0.2) is 0 Å². The van der Waals surface area contributed by atoms with Crippen molar-refractivity contribution in [1.82, 2.24) is 4.90 Å². The van der Waals surface area contributed by atoms with Crippen LogP contribution in [0.3, 0.4) is 0 Å². The zero-order valence-electron chi connectivity index (χ0n) is 12.2. The van der Waals surface area contributed by atoms with Crippen LogP contribution in [-0.2, 0) is 11.2 Å². The molecule has 0 aliphatic rings. The van der Waals surface area contributed by atoms with Crippen LogP contribution < -0.4 is 0 Å². The van der Waals surface area contributed by atoms with Crippen LogP contribution in [0.2, 0.25) is 0 Å². The number of amides is 1. The summed E-state index contributed by atoms with van der Waals surface area (Å²) in [5.74, 6) is 0.118. The number of rotatable bonds is 5. The van der Waals surface area contributed by atoms with Crippen molar-refractivity contribution in [2.45, 2.75) is 40.5 Å². The molecule has 0 N–H and O–H groups in total. The van der Waals surface area contributed by atoms with Crippen LogP contribution in [0.5, 0.6) is 0 Å². The fourth-order valence-electron chi connectivity index (χ4n) is 1.89. The number of carbonyl (C=O) groups excluding carboxylic acids is 1. The topological polar surface area (TPSA) is 44.1 Å². The van der Waals surface area contributed by atoms with Gasteiger partial charge in [-0.15, -0.1) is 11.3 Å². The zero-order chi connectivity index (χ0) is 14.5. The molecule has 1 aromatic heterocycles. The molecule has 0 aromatic carbocycles. The Balaban J connectivity index is 2.68. The molecule has 0 saturated heterocycles. The van der Waals surface area contributed by atoms with Gasteiger partial charge in [0.05, 0.1) is 18.9 Å². The first-order valence-electron chi connectivity index (χ1n) is 6.52. The van der Waals surface area contributed by atoms with Gasteiger partial charge in [0, 0.05) is 22.8 Å². The Kier molecular flexibility index (Phi) is 5.56. The molecule has 4 heteroatoms. The number of thiophene rings is 1. The van der Waals surface area contributed by atoms with Gasteiger partial charge in [-0.3, -0.25) is 4.79 Å². The lowest BCUT2D eigenvalue weighted by Crippen LogP contribution is -2.39. The average molecular weight is 278 g/mol. The van der Waals surface area contributed by atoms with Gasteiger partial charge in [-0.1, -0.05) is 20.8 Å². The van der Waals surface area contributed by atoms with E-state index in [0.717, 1.165) is 4.88 Å². The third kappa shape index (κ3) is 5.89. The predicted octanol–water partition coefficient (Wildman–Crippen LogP) is 3.39. The summed E-state index contributed by atoms with van der Waals surface area (Å²) in [4.78, 5) is 16.5. The van der Waals surface area contributed by atoms with Gasteiger partial charge in [0.2, 0.25) is 5.91 Å². The third-order valence-electron chi connectivity index (χ3n) is 2.63. The lowest BCUT2D eigenvalue weighted by molar-refractivity contribution is -0.131. The van der Waals surface area contributed by atoms with E-state index in [0.29, 0.717) is 25.9 Å². The van der Waals surface area contributed by atoms with Gasteiger partial charge in [0.25, 0.3) is 0 Å². The minimum absolute atomic E-state index is 0.0521. The van der Waals surface area contributed by atoms with Crippen LogP contribution in [0, 0.1) is 23.7 Å². The first kappa shape index (κ1) is 15.7. The summed E-state index contributed by atoms with van der Waals surface area (Å²) in [6, 6.07) is 6.17. The molecule has 0 unspecified atom stereocenters. The van der Waals surface area contributed by atoms with E-state index in [-0.39, 0.29) is 11.3 Å². The Bertz CT molecular complexity index is 465. The van der Waals surface area contributed by atoms with Crippen LogP contribution in [-0.4, -0.2) is 23.9 Å². The standard InChI is InChI=1S/C15H22N2OS/c1-12-6-7-13(19-12)10-14(18)17(9-5-8-16)11-15(2,3)4/h6-7H,5,9-11H2,1-4H3. The molecule has 0 bridgehead atoms. The van der Waals surface area contributed by atoms with Crippen LogP contribution >= 0.6 is 11.3 Å². The second-order valence-corrected chi connectivity index (χ2v) is 7.35. The van der Waals surface area contributed by atoms with Crippen molar-refractivity contribution in [3.05, 3.63) is 21.9 Å². The van der Waals surface area contributed by atoms with Crippen LogP contribution in [0.15, 0.2) is 12.1 Å². The molecule has 0 atom stereocenters. The summed E-state index contributed by atoms with van der Waals surface area (Å²) < 4.78 is 0. The monoisotopic (exact) mass is 278 g/mol. The SMILES string of the molecule is Cc1ccc(CC(=O)N(CCC#N)CC(C)(C)C)s1. The number of hydrogen-bond donors (Lipinski definition) is 0. The Morgan fingerprint density at radius 3 is 2.58 bits per heavy atom. The van der Waals surface area contributed by atoms with E-state index in [1.54, 1.807) is 11.3 Å². The van der Waals surface area contributed by atoms with Crippen molar-refractivity contribution >= 4 is 17.2 Å². The van der Waals surface area contributed by atoms with E-state index in [2.05, 4.69) is 26.8 Å². The molecule has 0 saturated carbocycles. The molecule has 19 heavy (non-hydrogen) atoms. The summed E-state index contributed by atoms with van der Waals surface area (Å²) in [5, 5.41) is 8.70. The number of aryl methyl sites for hydroxylation is 1. The quantitative estimate of drug-likeness (QED) is 0.828. The highest BCUT2D eigenvalue weighted by Gasteiger charge is 2.21. The lowest BCUT2D eigenvalue weighted by Gasteiger charge is -2.29. The molecule has 1 amide bonds.